The number of alkyl halides is 3. The number of allylic oxidation sites excluding steroid dienone is 4. The molecule has 0 atom stereocenters. The van der Waals surface area contributed by atoms with Crippen molar-refractivity contribution in [3.8, 4) is 11.3 Å². The SMILES string of the molecule is C=C(NC1CC1)/C(C)=C(\C=C/CC)c1sc(CC2CCCCC2)nc1-c1cccc(C(F)(F)F)c1. The minimum atomic E-state index is -4.39. The Morgan fingerprint density at radius 2 is 1.91 bits per heavy atom. The Labute approximate surface area is 211 Å². The fourth-order valence-electron chi connectivity index (χ4n) is 4.66. The van der Waals surface area contributed by atoms with Gasteiger partial charge in [-0.1, -0.05) is 69.9 Å². The summed E-state index contributed by atoms with van der Waals surface area (Å²) in [5.74, 6) is 0.600. The van der Waals surface area contributed by atoms with Gasteiger partial charge in [0, 0.05) is 23.7 Å². The van der Waals surface area contributed by atoms with Crippen LogP contribution in [0.1, 0.15) is 80.7 Å². The molecule has 35 heavy (non-hydrogen) atoms. The first-order valence-electron chi connectivity index (χ1n) is 12.8. The van der Waals surface area contributed by atoms with E-state index >= 15 is 0 Å². The first-order valence-corrected chi connectivity index (χ1v) is 13.6. The summed E-state index contributed by atoms with van der Waals surface area (Å²) in [5.41, 5.74) is 3.39. The maximum Gasteiger partial charge on any atom is 0.416 e. The standard InChI is InChI=1S/C29H35F3N2S/c1-4-5-14-25(19(2)20(3)33-24-15-16-24)28-27(22-12-9-13-23(18-22)29(30,31)32)34-26(35-28)17-21-10-7-6-8-11-21/h5,9,12-14,18,21,24,33H,3-4,6-8,10-11,15-17H2,1-2H3/b14-5-,25-19+. The molecule has 0 spiro atoms. The molecule has 188 valence electrons. The van der Waals surface area contributed by atoms with Crippen molar-refractivity contribution in [2.75, 3.05) is 0 Å². The zero-order chi connectivity index (χ0) is 25.0. The lowest BCUT2D eigenvalue weighted by molar-refractivity contribution is -0.137. The Kier molecular flexibility index (Phi) is 8.20. The Balaban J connectivity index is 1.80. The summed E-state index contributed by atoms with van der Waals surface area (Å²) in [5, 5.41) is 4.50. The highest BCUT2D eigenvalue weighted by molar-refractivity contribution is 7.13. The summed E-state index contributed by atoms with van der Waals surface area (Å²) >= 11 is 1.63. The fraction of sp³-hybridized carbons (Fsp3) is 0.483. The van der Waals surface area contributed by atoms with Gasteiger partial charge in [-0.25, -0.2) is 4.98 Å². The van der Waals surface area contributed by atoms with Gasteiger partial charge in [-0.15, -0.1) is 11.3 Å². The molecule has 0 radical (unpaired) electrons. The highest BCUT2D eigenvalue weighted by Gasteiger charge is 2.31. The van der Waals surface area contributed by atoms with Crippen LogP contribution in [0.25, 0.3) is 16.8 Å². The summed E-state index contributed by atoms with van der Waals surface area (Å²) in [6, 6.07) is 6.05. The number of thiazole rings is 1. The average Bonchev–Trinajstić information content (AvgIpc) is 3.56. The predicted octanol–water partition coefficient (Wildman–Crippen LogP) is 8.96. The van der Waals surface area contributed by atoms with Gasteiger partial charge in [0.15, 0.2) is 0 Å². The predicted molar refractivity (Wildman–Crippen MR) is 140 cm³/mol. The second-order valence-electron chi connectivity index (χ2n) is 9.82. The van der Waals surface area contributed by atoms with Gasteiger partial charge in [-0.05, 0) is 55.4 Å². The van der Waals surface area contributed by atoms with Crippen LogP contribution in [0.4, 0.5) is 13.2 Å². The molecule has 0 saturated heterocycles. The first-order chi connectivity index (χ1) is 16.8. The summed E-state index contributed by atoms with van der Waals surface area (Å²) in [4.78, 5) is 5.90. The van der Waals surface area contributed by atoms with Gasteiger partial charge < -0.3 is 5.32 Å². The molecule has 2 aromatic rings. The van der Waals surface area contributed by atoms with Gasteiger partial charge in [-0.3, -0.25) is 0 Å². The van der Waals surface area contributed by atoms with Crippen LogP contribution in [0.5, 0.6) is 0 Å². The first kappa shape index (κ1) is 25.7. The van der Waals surface area contributed by atoms with Crippen LogP contribution in [0, 0.1) is 5.92 Å². The van der Waals surface area contributed by atoms with E-state index in [-0.39, 0.29) is 0 Å². The molecule has 0 unspecified atom stereocenters. The number of aromatic nitrogens is 1. The molecule has 1 aromatic carbocycles. The van der Waals surface area contributed by atoms with Crippen molar-refractivity contribution in [3.63, 3.8) is 0 Å². The highest BCUT2D eigenvalue weighted by Crippen LogP contribution is 2.41. The smallest absolute Gasteiger partial charge is 0.383 e. The number of nitrogens with one attached hydrogen (secondary N) is 1. The quantitative estimate of drug-likeness (QED) is 0.348. The maximum atomic E-state index is 13.5. The Morgan fingerprint density at radius 1 is 1.17 bits per heavy atom. The van der Waals surface area contributed by atoms with Crippen LogP contribution >= 0.6 is 11.3 Å². The number of rotatable bonds is 9. The van der Waals surface area contributed by atoms with Gasteiger partial charge in [0.2, 0.25) is 0 Å². The van der Waals surface area contributed by atoms with Gasteiger partial charge >= 0.3 is 6.18 Å². The Hall–Kier alpha value is -2.34. The van der Waals surface area contributed by atoms with E-state index in [4.69, 9.17) is 4.98 Å². The number of halogens is 3. The third-order valence-electron chi connectivity index (χ3n) is 6.90. The van der Waals surface area contributed by atoms with Crippen LogP contribution in [-0.2, 0) is 12.6 Å². The normalized spacial score (nSPS) is 18.1. The molecular formula is C29H35F3N2S. The zero-order valence-electron chi connectivity index (χ0n) is 20.7. The van der Waals surface area contributed by atoms with E-state index in [0.717, 1.165) is 58.5 Å². The van der Waals surface area contributed by atoms with Gasteiger partial charge in [-0.2, -0.15) is 13.2 Å². The van der Waals surface area contributed by atoms with E-state index in [1.807, 2.05) is 6.92 Å². The lowest BCUT2D eigenvalue weighted by Crippen LogP contribution is -2.15. The Bertz CT molecular complexity index is 1100. The van der Waals surface area contributed by atoms with Crippen molar-refractivity contribution < 1.29 is 13.2 Å². The van der Waals surface area contributed by atoms with Gasteiger partial charge in [0.05, 0.1) is 21.1 Å². The average molecular weight is 501 g/mol. The molecule has 0 amide bonds. The Morgan fingerprint density at radius 3 is 2.57 bits per heavy atom. The molecule has 0 aliphatic heterocycles. The maximum absolute atomic E-state index is 13.5. The minimum absolute atomic E-state index is 0.472. The summed E-state index contributed by atoms with van der Waals surface area (Å²) in [6.07, 6.45) is 10.0. The van der Waals surface area contributed by atoms with E-state index in [2.05, 4.69) is 31.0 Å². The van der Waals surface area contributed by atoms with E-state index in [1.54, 1.807) is 17.4 Å². The molecule has 4 rings (SSSR count). The number of hydrogen-bond donors (Lipinski definition) is 1. The molecule has 1 aromatic heterocycles. The van der Waals surface area contributed by atoms with E-state index < -0.39 is 11.7 Å². The zero-order valence-corrected chi connectivity index (χ0v) is 21.5. The number of hydrogen-bond acceptors (Lipinski definition) is 3. The van der Waals surface area contributed by atoms with Crippen molar-refractivity contribution >= 4 is 16.9 Å². The van der Waals surface area contributed by atoms with Crippen LogP contribution < -0.4 is 5.32 Å². The molecular weight excluding hydrogens is 465 g/mol. The molecule has 2 aliphatic rings. The molecule has 2 saturated carbocycles. The molecule has 0 bridgehead atoms. The summed E-state index contributed by atoms with van der Waals surface area (Å²) < 4.78 is 40.6. The van der Waals surface area contributed by atoms with Crippen molar-refractivity contribution in [3.05, 3.63) is 69.7 Å². The van der Waals surface area contributed by atoms with Crippen LogP contribution in [0.15, 0.2) is 54.3 Å². The molecule has 1 heterocycles. The molecule has 2 fully saturated rings. The topological polar surface area (TPSA) is 24.9 Å². The largest absolute Gasteiger partial charge is 0.416 e. The minimum Gasteiger partial charge on any atom is -0.383 e. The third-order valence-corrected chi connectivity index (χ3v) is 8.01. The van der Waals surface area contributed by atoms with Crippen molar-refractivity contribution in [1.82, 2.24) is 10.3 Å². The highest BCUT2D eigenvalue weighted by atomic mass is 32.1. The number of nitrogens with zero attached hydrogens (tertiary/aromatic N) is 1. The monoisotopic (exact) mass is 500 g/mol. The van der Waals surface area contributed by atoms with Crippen LogP contribution in [0.2, 0.25) is 0 Å². The molecule has 2 nitrogen and oxygen atoms in total. The van der Waals surface area contributed by atoms with Crippen molar-refractivity contribution in [1.29, 1.82) is 0 Å². The second kappa shape index (κ2) is 11.2. The third kappa shape index (κ3) is 6.66. The lowest BCUT2D eigenvalue weighted by atomic mass is 9.87. The van der Waals surface area contributed by atoms with Crippen LogP contribution in [-0.4, -0.2) is 11.0 Å². The van der Waals surface area contributed by atoms with Crippen molar-refractivity contribution in [2.45, 2.75) is 83.9 Å². The summed E-state index contributed by atoms with van der Waals surface area (Å²) in [6.45, 7) is 8.40. The molecule has 1 N–H and O–H groups in total. The lowest BCUT2D eigenvalue weighted by Gasteiger charge is -2.20. The number of benzene rings is 1. The molecule has 2 aliphatic carbocycles. The van der Waals surface area contributed by atoms with E-state index in [9.17, 15) is 13.2 Å². The van der Waals surface area contributed by atoms with Crippen LogP contribution in [0.3, 0.4) is 0 Å². The van der Waals surface area contributed by atoms with E-state index in [1.165, 1.54) is 44.2 Å². The van der Waals surface area contributed by atoms with Gasteiger partial charge in [0.1, 0.15) is 0 Å². The van der Waals surface area contributed by atoms with E-state index in [0.29, 0.717) is 23.2 Å². The summed E-state index contributed by atoms with van der Waals surface area (Å²) in [7, 11) is 0. The molecule has 6 heteroatoms. The fourth-order valence-corrected chi connectivity index (χ4v) is 5.95. The van der Waals surface area contributed by atoms with Crippen molar-refractivity contribution in [2.24, 2.45) is 5.92 Å². The van der Waals surface area contributed by atoms with Gasteiger partial charge in [0.25, 0.3) is 0 Å². The second-order valence-corrected chi connectivity index (χ2v) is 10.9.